The van der Waals surface area contributed by atoms with E-state index >= 15 is 0 Å². The van der Waals surface area contributed by atoms with Gasteiger partial charge in [0.1, 0.15) is 0 Å². The Bertz CT molecular complexity index is 191. The molecule has 0 radical (unpaired) electrons. The van der Waals surface area contributed by atoms with Crippen molar-refractivity contribution in [3.63, 3.8) is 0 Å². The minimum absolute atomic E-state index is 1.32. The lowest BCUT2D eigenvalue weighted by molar-refractivity contribution is 1.48. The number of terminal acetylenes is 1. The van der Waals surface area contributed by atoms with Gasteiger partial charge in [-0.05, 0) is 13.8 Å². The molecule has 0 saturated carbocycles. The molecule has 0 N–H and O–H groups in total. The summed E-state index contributed by atoms with van der Waals surface area (Å²) in [7, 11) is 0. The molecule has 1 aromatic carbocycles. The van der Waals surface area contributed by atoms with Gasteiger partial charge in [0.25, 0.3) is 0 Å². The molecule has 0 saturated heterocycles. The molecule has 0 unspecified atom stereocenters. The lowest BCUT2D eigenvalue weighted by atomic mass is 10.2. The zero-order valence-electron chi connectivity index (χ0n) is 10.5. The van der Waals surface area contributed by atoms with Gasteiger partial charge in [0.2, 0.25) is 0 Å². The molecular weight excluding hydrogens is 168 g/mol. The zero-order valence-corrected chi connectivity index (χ0v) is 10.5. The maximum atomic E-state index is 4.60. The van der Waals surface area contributed by atoms with E-state index in [1.54, 1.807) is 6.92 Å². The molecular formula is C14H24. The van der Waals surface area contributed by atoms with Crippen molar-refractivity contribution in [1.29, 1.82) is 0 Å². The molecule has 0 fully saturated rings. The lowest BCUT2D eigenvalue weighted by Gasteiger charge is -1.82. The summed E-state index contributed by atoms with van der Waals surface area (Å²) < 4.78 is 0. The summed E-state index contributed by atoms with van der Waals surface area (Å²) in [6, 6.07) is 10.3. The minimum Gasteiger partial charge on any atom is -0.120 e. The Kier molecular flexibility index (Phi) is 30.0. The number of hydrogen-bond acceptors (Lipinski definition) is 0. The SMILES string of the molecule is C#CC.CC.CC.Cc1ccccc1. The Morgan fingerprint density at radius 3 is 1.36 bits per heavy atom. The van der Waals surface area contributed by atoms with Crippen LogP contribution in [0, 0.1) is 19.3 Å². The third-order valence-corrected chi connectivity index (χ3v) is 0.940. The fourth-order valence-corrected chi connectivity index (χ4v) is 0.534. The third kappa shape index (κ3) is 22.4. The van der Waals surface area contributed by atoms with E-state index in [1.165, 1.54) is 5.56 Å². The van der Waals surface area contributed by atoms with Crippen LogP contribution in [-0.4, -0.2) is 0 Å². The van der Waals surface area contributed by atoms with Crippen molar-refractivity contribution in [3.05, 3.63) is 35.9 Å². The summed E-state index contributed by atoms with van der Waals surface area (Å²) in [6.45, 7) is 11.7. The van der Waals surface area contributed by atoms with E-state index in [-0.39, 0.29) is 0 Å². The Hall–Kier alpha value is -1.22. The highest BCUT2D eigenvalue weighted by Crippen LogP contribution is 1.92. The number of benzene rings is 1. The Labute approximate surface area is 90.4 Å². The van der Waals surface area contributed by atoms with Crippen LogP contribution in [-0.2, 0) is 0 Å². The summed E-state index contributed by atoms with van der Waals surface area (Å²) in [4.78, 5) is 0. The van der Waals surface area contributed by atoms with Crippen molar-refractivity contribution < 1.29 is 0 Å². The van der Waals surface area contributed by atoms with Gasteiger partial charge >= 0.3 is 0 Å². The average Bonchev–Trinajstić information content (AvgIpc) is 2.26. The highest BCUT2D eigenvalue weighted by molar-refractivity contribution is 5.11. The van der Waals surface area contributed by atoms with Gasteiger partial charge in [-0.15, -0.1) is 12.3 Å². The molecule has 0 aliphatic carbocycles. The van der Waals surface area contributed by atoms with Crippen LogP contribution in [0.5, 0.6) is 0 Å². The van der Waals surface area contributed by atoms with Crippen molar-refractivity contribution in [2.24, 2.45) is 0 Å². The van der Waals surface area contributed by atoms with Gasteiger partial charge in [0.15, 0.2) is 0 Å². The molecule has 0 heteroatoms. The summed E-state index contributed by atoms with van der Waals surface area (Å²) in [6.07, 6.45) is 4.60. The molecule has 0 amide bonds. The predicted molar refractivity (Wildman–Crippen MR) is 68.4 cm³/mol. The number of hydrogen-bond donors (Lipinski definition) is 0. The molecule has 1 aromatic rings. The second-order valence-corrected chi connectivity index (χ2v) is 1.94. The topological polar surface area (TPSA) is 0 Å². The van der Waals surface area contributed by atoms with E-state index in [1.807, 2.05) is 45.9 Å². The maximum absolute atomic E-state index is 4.60. The van der Waals surface area contributed by atoms with E-state index in [9.17, 15) is 0 Å². The maximum Gasteiger partial charge on any atom is -0.00297 e. The van der Waals surface area contributed by atoms with Gasteiger partial charge in [-0.1, -0.05) is 63.6 Å². The fourth-order valence-electron chi connectivity index (χ4n) is 0.534. The normalized spacial score (nSPS) is 5.79. The van der Waals surface area contributed by atoms with E-state index in [4.69, 9.17) is 0 Å². The Morgan fingerprint density at radius 2 is 1.21 bits per heavy atom. The van der Waals surface area contributed by atoms with E-state index < -0.39 is 0 Å². The van der Waals surface area contributed by atoms with Gasteiger partial charge in [-0.3, -0.25) is 0 Å². The van der Waals surface area contributed by atoms with Crippen LogP contribution >= 0.6 is 0 Å². The molecule has 0 spiro atoms. The minimum atomic E-state index is 1.32. The Balaban J connectivity index is -0.000000148. The molecule has 0 nitrogen and oxygen atoms in total. The smallest absolute Gasteiger partial charge is 0.00297 e. The first-order valence-electron chi connectivity index (χ1n) is 5.20. The monoisotopic (exact) mass is 192 g/mol. The van der Waals surface area contributed by atoms with Gasteiger partial charge < -0.3 is 0 Å². The van der Waals surface area contributed by atoms with Crippen LogP contribution in [0.4, 0.5) is 0 Å². The first-order chi connectivity index (χ1) is 6.81. The van der Waals surface area contributed by atoms with Crippen LogP contribution in [0.25, 0.3) is 0 Å². The standard InChI is InChI=1S/C7H8.C3H4.2C2H6/c1-7-5-3-2-4-6-7;1-3-2;2*1-2/h2-6H,1H3;1H,2H3;2*1-2H3. The van der Waals surface area contributed by atoms with Crippen LogP contribution < -0.4 is 0 Å². The van der Waals surface area contributed by atoms with Crippen molar-refractivity contribution in [2.75, 3.05) is 0 Å². The molecule has 0 heterocycles. The average molecular weight is 192 g/mol. The lowest BCUT2D eigenvalue weighted by Crippen LogP contribution is -1.62. The second kappa shape index (κ2) is 22.6. The molecule has 80 valence electrons. The van der Waals surface area contributed by atoms with Crippen molar-refractivity contribution in [2.45, 2.75) is 41.5 Å². The van der Waals surface area contributed by atoms with E-state index in [0.717, 1.165) is 0 Å². The zero-order chi connectivity index (χ0) is 11.8. The molecule has 0 atom stereocenters. The van der Waals surface area contributed by atoms with E-state index in [0.29, 0.717) is 0 Å². The van der Waals surface area contributed by atoms with E-state index in [2.05, 4.69) is 31.4 Å². The molecule has 14 heavy (non-hydrogen) atoms. The van der Waals surface area contributed by atoms with Gasteiger partial charge in [-0.2, -0.15) is 0 Å². The number of aryl methyl sites for hydroxylation is 1. The van der Waals surface area contributed by atoms with Crippen molar-refractivity contribution >= 4 is 0 Å². The third-order valence-electron chi connectivity index (χ3n) is 0.940. The predicted octanol–water partition coefficient (Wildman–Crippen LogP) is 4.69. The van der Waals surface area contributed by atoms with Gasteiger partial charge in [-0.25, -0.2) is 0 Å². The van der Waals surface area contributed by atoms with Crippen LogP contribution in [0.3, 0.4) is 0 Å². The summed E-state index contributed by atoms with van der Waals surface area (Å²) in [5.74, 6) is 2.25. The molecule has 0 bridgehead atoms. The molecule has 0 aromatic heterocycles. The molecule has 1 rings (SSSR count). The van der Waals surface area contributed by atoms with Crippen LogP contribution in [0.2, 0.25) is 0 Å². The number of rotatable bonds is 0. The van der Waals surface area contributed by atoms with Gasteiger partial charge in [0, 0.05) is 0 Å². The molecule has 0 aliphatic heterocycles. The summed E-state index contributed by atoms with van der Waals surface area (Å²) in [5, 5.41) is 0. The van der Waals surface area contributed by atoms with Crippen LogP contribution in [0.1, 0.15) is 40.2 Å². The quantitative estimate of drug-likeness (QED) is 0.523. The largest absolute Gasteiger partial charge is 0.120 e. The van der Waals surface area contributed by atoms with Crippen LogP contribution in [0.15, 0.2) is 30.3 Å². The van der Waals surface area contributed by atoms with Crippen molar-refractivity contribution in [3.8, 4) is 12.3 Å². The highest BCUT2D eigenvalue weighted by atomic mass is 13.8. The second-order valence-electron chi connectivity index (χ2n) is 1.94. The summed E-state index contributed by atoms with van der Waals surface area (Å²) >= 11 is 0. The Morgan fingerprint density at radius 1 is 0.929 bits per heavy atom. The highest BCUT2D eigenvalue weighted by Gasteiger charge is 1.72. The first-order valence-corrected chi connectivity index (χ1v) is 5.20. The first kappa shape index (κ1) is 18.5. The van der Waals surface area contributed by atoms with Crippen molar-refractivity contribution in [1.82, 2.24) is 0 Å². The molecule has 0 aliphatic rings. The summed E-state index contributed by atoms with van der Waals surface area (Å²) in [5.41, 5.74) is 1.32. The fraction of sp³-hybridized carbons (Fsp3) is 0.429. The van der Waals surface area contributed by atoms with Gasteiger partial charge in [0.05, 0.1) is 0 Å².